The third-order valence-electron chi connectivity index (χ3n) is 2.40. The molecule has 0 aliphatic carbocycles. The molecule has 5 nitrogen and oxygen atoms in total. The Balaban J connectivity index is 2.28. The zero-order valence-corrected chi connectivity index (χ0v) is 9.45. The van der Waals surface area contributed by atoms with Crippen LogP contribution in [0.4, 0.5) is 5.69 Å². The summed E-state index contributed by atoms with van der Waals surface area (Å²) in [4.78, 5) is 10.2. The summed E-state index contributed by atoms with van der Waals surface area (Å²) in [5.74, 6) is 0.852. The Hall–Kier alpha value is -2.40. The van der Waals surface area contributed by atoms with Crippen LogP contribution >= 0.6 is 0 Å². The highest BCUT2D eigenvalue weighted by molar-refractivity contribution is 5.42. The Labute approximate surface area is 103 Å². The molecule has 0 spiro atoms. The van der Waals surface area contributed by atoms with E-state index in [4.69, 9.17) is 9.84 Å². The molecule has 18 heavy (non-hydrogen) atoms. The highest BCUT2D eigenvalue weighted by Gasteiger charge is 2.08. The van der Waals surface area contributed by atoms with Crippen LogP contribution in [0.2, 0.25) is 0 Å². The van der Waals surface area contributed by atoms with Gasteiger partial charge < -0.3 is 9.84 Å². The Bertz CT molecular complexity index is 568. The molecular weight excluding hydrogens is 234 g/mol. The average Bonchev–Trinajstić information content (AvgIpc) is 2.39. The molecule has 0 fully saturated rings. The number of aliphatic hydroxyl groups excluding tert-OH is 1. The van der Waals surface area contributed by atoms with Crippen molar-refractivity contribution >= 4 is 5.69 Å². The molecule has 0 radical (unpaired) electrons. The molecule has 0 saturated heterocycles. The van der Waals surface area contributed by atoms with E-state index in [1.165, 1.54) is 12.1 Å². The number of aliphatic hydroxyl groups is 1. The standard InChI is InChI=1S/C13H11NO4/c15-9-10-4-1-2-7-13(10)18-12-6-3-5-11(8-12)14(16)17/h1-8,15H,9H2. The summed E-state index contributed by atoms with van der Waals surface area (Å²) in [6.07, 6.45) is 0. The molecule has 0 heterocycles. The van der Waals surface area contributed by atoms with Crippen LogP contribution in [0.25, 0.3) is 0 Å². The van der Waals surface area contributed by atoms with Crippen molar-refractivity contribution in [1.82, 2.24) is 0 Å². The molecule has 0 amide bonds. The highest BCUT2D eigenvalue weighted by Crippen LogP contribution is 2.27. The number of para-hydroxylation sites is 1. The van der Waals surface area contributed by atoms with Crippen LogP contribution in [0.3, 0.4) is 0 Å². The van der Waals surface area contributed by atoms with Gasteiger partial charge in [0.25, 0.3) is 5.69 Å². The van der Waals surface area contributed by atoms with E-state index in [1.807, 2.05) is 0 Å². The summed E-state index contributed by atoms with van der Waals surface area (Å²) >= 11 is 0. The van der Waals surface area contributed by atoms with E-state index in [1.54, 1.807) is 36.4 Å². The highest BCUT2D eigenvalue weighted by atomic mass is 16.6. The number of nitro benzene ring substituents is 1. The van der Waals surface area contributed by atoms with Gasteiger partial charge in [-0.25, -0.2) is 0 Å². The van der Waals surface area contributed by atoms with E-state index in [9.17, 15) is 10.1 Å². The first-order valence-corrected chi connectivity index (χ1v) is 5.32. The minimum atomic E-state index is -0.481. The van der Waals surface area contributed by atoms with Crippen LogP contribution in [-0.2, 0) is 6.61 Å². The first kappa shape index (κ1) is 12.1. The van der Waals surface area contributed by atoms with E-state index < -0.39 is 4.92 Å². The smallest absolute Gasteiger partial charge is 0.273 e. The van der Waals surface area contributed by atoms with Crippen molar-refractivity contribution in [3.63, 3.8) is 0 Å². The van der Waals surface area contributed by atoms with Crippen LogP contribution in [0.15, 0.2) is 48.5 Å². The summed E-state index contributed by atoms with van der Waals surface area (Å²) in [6.45, 7) is -0.148. The third-order valence-corrected chi connectivity index (χ3v) is 2.40. The number of nitro groups is 1. The Morgan fingerprint density at radius 1 is 1.17 bits per heavy atom. The van der Waals surface area contributed by atoms with E-state index in [2.05, 4.69) is 0 Å². The number of benzene rings is 2. The molecule has 92 valence electrons. The lowest BCUT2D eigenvalue weighted by Crippen LogP contribution is -1.92. The Kier molecular flexibility index (Phi) is 3.54. The first-order chi connectivity index (χ1) is 8.70. The van der Waals surface area contributed by atoms with Crippen molar-refractivity contribution in [3.05, 3.63) is 64.2 Å². The van der Waals surface area contributed by atoms with Gasteiger partial charge in [-0.2, -0.15) is 0 Å². The summed E-state index contributed by atoms with van der Waals surface area (Å²) < 4.78 is 5.53. The molecule has 5 heteroatoms. The van der Waals surface area contributed by atoms with E-state index in [0.717, 1.165) is 0 Å². The third kappa shape index (κ3) is 2.64. The second-order valence-electron chi connectivity index (χ2n) is 3.62. The fourth-order valence-corrected chi connectivity index (χ4v) is 1.52. The molecule has 2 aromatic rings. The van der Waals surface area contributed by atoms with Crippen LogP contribution in [0.5, 0.6) is 11.5 Å². The second-order valence-corrected chi connectivity index (χ2v) is 3.62. The maximum Gasteiger partial charge on any atom is 0.273 e. The molecule has 0 bridgehead atoms. The monoisotopic (exact) mass is 245 g/mol. The summed E-state index contributed by atoms with van der Waals surface area (Å²) in [6, 6.07) is 12.9. The topological polar surface area (TPSA) is 72.6 Å². The molecule has 2 aromatic carbocycles. The van der Waals surface area contributed by atoms with Gasteiger partial charge in [0.2, 0.25) is 0 Å². The molecule has 0 atom stereocenters. The SMILES string of the molecule is O=[N+]([O-])c1cccc(Oc2ccccc2CO)c1. The molecule has 0 aromatic heterocycles. The fraction of sp³-hybridized carbons (Fsp3) is 0.0769. The van der Waals surface area contributed by atoms with Crippen LogP contribution in [-0.4, -0.2) is 10.0 Å². The Morgan fingerprint density at radius 2 is 1.94 bits per heavy atom. The maximum absolute atomic E-state index is 10.6. The van der Waals surface area contributed by atoms with Crippen molar-refractivity contribution in [2.45, 2.75) is 6.61 Å². The van der Waals surface area contributed by atoms with Gasteiger partial charge in [-0.15, -0.1) is 0 Å². The molecular formula is C13H11NO4. The number of non-ortho nitro benzene ring substituents is 1. The summed E-state index contributed by atoms with van der Waals surface area (Å²) in [5, 5.41) is 19.8. The average molecular weight is 245 g/mol. The minimum absolute atomic E-state index is 0.0334. The van der Waals surface area contributed by atoms with E-state index in [0.29, 0.717) is 17.1 Å². The van der Waals surface area contributed by atoms with Crippen LogP contribution < -0.4 is 4.74 Å². The van der Waals surface area contributed by atoms with Crippen molar-refractivity contribution in [1.29, 1.82) is 0 Å². The lowest BCUT2D eigenvalue weighted by Gasteiger charge is -2.08. The van der Waals surface area contributed by atoms with Gasteiger partial charge in [0.1, 0.15) is 11.5 Å². The van der Waals surface area contributed by atoms with Gasteiger partial charge in [0, 0.05) is 11.6 Å². The van der Waals surface area contributed by atoms with Crippen molar-refractivity contribution in [3.8, 4) is 11.5 Å². The molecule has 0 unspecified atom stereocenters. The van der Waals surface area contributed by atoms with Crippen molar-refractivity contribution in [2.75, 3.05) is 0 Å². The minimum Gasteiger partial charge on any atom is -0.457 e. The predicted octanol–water partition coefficient (Wildman–Crippen LogP) is 2.88. The molecule has 0 aliphatic heterocycles. The number of hydrogen-bond donors (Lipinski definition) is 1. The number of nitrogens with zero attached hydrogens (tertiary/aromatic N) is 1. The number of ether oxygens (including phenoxy) is 1. The van der Waals surface area contributed by atoms with Gasteiger partial charge in [-0.05, 0) is 12.1 Å². The zero-order valence-electron chi connectivity index (χ0n) is 9.45. The number of rotatable bonds is 4. The lowest BCUT2D eigenvalue weighted by molar-refractivity contribution is -0.384. The van der Waals surface area contributed by atoms with Crippen LogP contribution in [0.1, 0.15) is 5.56 Å². The zero-order chi connectivity index (χ0) is 13.0. The summed E-state index contributed by atoms with van der Waals surface area (Å²) in [7, 11) is 0. The molecule has 1 N–H and O–H groups in total. The second kappa shape index (κ2) is 5.29. The number of hydrogen-bond acceptors (Lipinski definition) is 4. The van der Waals surface area contributed by atoms with E-state index >= 15 is 0 Å². The quantitative estimate of drug-likeness (QED) is 0.664. The lowest BCUT2D eigenvalue weighted by atomic mass is 10.2. The maximum atomic E-state index is 10.6. The first-order valence-electron chi connectivity index (χ1n) is 5.32. The van der Waals surface area contributed by atoms with Crippen molar-refractivity contribution < 1.29 is 14.8 Å². The largest absolute Gasteiger partial charge is 0.457 e. The normalized spacial score (nSPS) is 10.1. The fourth-order valence-electron chi connectivity index (χ4n) is 1.52. The molecule has 0 saturated carbocycles. The Morgan fingerprint density at radius 3 is 2.67 bits per heavy atom. The molecule has 2 rings (SSSR count). The van der Waals surface area contributed by atoms with E-state index in [-0.39, 0.29) is 12.3 Å². The molecule has 0 aliphatic rings. The van der Waals surface area contributed by atoms with Crippen LogP contribution in [0, 0.1) is 10.1 Å². The summed E-state index contributed by atoms with van der Waals surface area (Å²) in [5.41, 5.74) is 0.595. The van der Waals surface area contributed by atoms with Gasteiger partial charge in [-0.3, -0.25) is 10.1 Å². The van der Waals surface area contributed by atoms with Crippen molar-refractivity contribution in [2.24, 2.45) is 0 Å². The van der Waals surface area contributed by atoms with Gasteiger partial charge >= 0.3 is 0 Å². The van der Waals surface area contributed by atoms with Gasteiger partial charge in [-0.1, -0.05) is 24.3 Å². The predicted molar refractivity (Wildman–Crippen MR) is 65.5 cm³/mol. The van der Waals surface area contributed by atoms with Gasteiger partial charge in [0.05, 0.1) is 17.6 Å². The van der Waals surface area contributed by atoms with Gasteiger partial charge in [0.15, 0.2) is 0 Å².